The number of anilines is 1. The van der Waals surface area contributed by atoms with Crippen molar-refractivity contribution in [2.24, 2.45) is 0 Å². The highest BCUT2D eigenvalue weighted by molar-refractivity contribution is 7.19. The average molecular weight is 335 g/mol. The van der Waals surface area contributed by atoms with E-state index in [1.807, 2.05) is 43.3 Å². The Bertz CT molecular complexity index is 864. The van der Waals surface area contributed by atoms with Crippen molar-refractivity contribution in [3.05, 3.63) is 65.5 Å². The van der Waals surface area contributed by atoms with Crippen LogP contribution in [0.1, 0.15) is 16.7 Å². The molecule has 0 unspecified atom stereocenters. The van der Waals surface area contributed by atoms with E-state index in [4.69, 9.17) is 4.74 Å². The maximum absolute atomic E-state index is 9.51. The number of rotatable bonds is 5. The van der Waals surface area contributed by atoms with Gasteiger partial charge in [0.25, 0.3) is 0 Å². The molecule has 24 heavy (non-hydrogen) atoms. The molecule has 0 bridgehead atoms. The summed E-state index contributed by atoms with van der Waals surface area (Å²) in [6, 6.07) is 14.2. The smallest absolute Gasteiger partial charge is 0.118 e. The molecule has 0 aliphatic carbocycles. The van der Waals surface area contributed by atoms with Gasteiger partial charge in [0.15, 0.2) is 0 Å². The second kappa shape index (κ2) is 7.16. The monoisotopic (exact) mass is 335 g/mol. The van der Waals surface area contributed by atoms with Crippen molar-refractivity contribution < 1.29 is 4.74 Å². The molecular formula is C19H17N3OS. The molecule has 0 aliphatic heterocycles. The maximum Gasteiger partial charge on any atom is 0.118 e. The summed E-state index contributed by atoms with van der Waals surface area (Å²) in [6.45, 7) is 2.65. The van der Waals surface area contributed by atoms with Crippen LogP contribution in [0.15, 0.2) is 48.8 Å². The lowest BCUT2D eigenvalue weighted by Crippen LogP contribution is -1.99. The zero-order chi connectivity index (χ0) is 16.9. The summed E-state index contributed by atoms with van der Waals surface area (Å²) in [4.78, 5) is 5.16. The zero-order valence-electron chi connectivity index (χ0n) is 13.5. The van der Waals surface area contributed by atoms with E-state index in [0.29, 0.717) is 12.1 Å². The van der Waals surface area contributed by atoms with Crippen LogP contribution in [-0.4, -0.2) is 12.1 Å². The fourth-order valence-corrected chi connectivity index (χ4v) is 3.64. The Morgan fingerprint density at radius 2 is 1.88 bits per heavy atom. The predicted molar refractivity (Wildman–Crippen MR) is 97.3 cm³/mol. The van der Waals surface area contributed by atoms with Crippen molar-refractivity contribution in [2.75, 3.05) is 12.4 Å². The molecule has 3 rings (SSSR count). The average Bonchev–Trinajstić information content (AvgIpc) is 2.96. The number of nitrogens with one attached hydrogen (secondary N) is 1. The van der Waals surface area contributed by atoms with Gasteiger partial charge < -0.3 is 10.1 Å². The number of pyridine rings is 1. The number of hydrogen-bond acceptors (Lipinski definition) is 5. The normalized spacial score (nSPS) is 10.2. The molecule has 2 aromatic heterocycles. The van der Waals surface area contributed by atoms with Crippen LogP contribution < -0.4 is 10.1 Å². The maximum atomic E-state index is 9.51. The number of aromatic nitrogens is 1. The van der Waals surface area contributed by atoms with Gasteiger partial charge >= 0.3 is 0 Å². The number of benzene rings is 1. The molecule has 0 radical (unpaired) electrons. The first-order valence-corrected chi connectivity index (χ1v) is 8.35. The van der Waals surface area contributed by atoms with Gasteiger partial charge in [0.05, 0.1) is 12.7 Å². The molecule has 0 saturated carbocycles. The first kappa shape index (κ1) is 16.0. The summed E-state index contributed by atoms with van der Waals surface area (Å²) < 4.78 is 5.17. The standard InChI is InChI=1S/C19H17N3OS/c1-13-17(11-20)19(24-18(13)15-7-9-21-10-8-15)22-12-14-3-5-16(23-2)6-4-14/h3-10,22H,12H2,1-2H3. The third kappa shape index (κ3) is 3.24. The summed E-state index contributed by atoms with van der Waals surface area (Å²) in [6.07, 6.45) is 3.54. The number of nitrogens with zero attached hydrogens (tertiary/aromatic N) is 2. The quantitative estimate of drug-likeness (QED) is 0.739. The molecule has 4 nitrogen and oxygen atoms in total. The van der Waals surface area contributed by atoms with E-state index < -0.39 is 0 Å². The first-order chi connectivity index (χ1) is 11.7. The van der Waals surface area contributed by atoms with E-state index in [1.54, 1.807) is 30.8 Å². The number of hydrogen-bond donors (Lipinski definition) is 1. The van der Waals surface area contributed by atoms with Crippen molar-refractivity contribution in [2.45, 2.75) is 13.5 Å². The van der Waals surface area contributed by atoms with Gasteiger partial charge in [0.1, 0.15) is 16.8 Å². The van der Waals surface area contributed by atoms with Gasteiger partial charge in [-0.15, -0.1) is 11.3 Å². The fraction of sp³-hybridized carbons (Fsp3) is 0.158. The number of ether oxygens (including phenoxy) is 1. The Labute approximate surface area is 145 Å². The van der Waals surface area contributed by atoms with Crippen LogP contribution in [0, 0.1) is 18.3 Å². The number of thiophene rings is 1. The minimum absolute atomic E-state index is 0.661. The minimum Gasteiger partial charge on any atom is -0.497 e. The number of nitriles is 1. The van der Waals surface area contributed by atoms with Crippen LogP contribution >= 0.6 is 11.3 Å². The van der Waals surface area contributed by atoms with Gasteiger partial charge in [0, 0.05) is 23.8 Å². The molecule has 3 aromatic rings. The van der Waals surface area contributed by atoms with Gasteiger partial charge in [-0.05, 0) is 47.9 Å². The summed E-state index contributed by atoms with van der Waals surface area (Å²) in [5, 5.41) is 13.8. The molecule has 0 aliphatic rings. The number of methoxy groups -OCH3 is 1. The fourth-order valence-electron chi connectivity index (χ4n) is 2.48. The second-order valence-electron chi connectivity index (χ2n) is 5.31. The summed E-state index contributed by atoms with van der Waals surface area (Å²) in [5.74, 6) is 0.836. The molecule has 0 spiro atoms. The summed E-state index contributed by atoms with van der Waals surface area (Å²) in [7, 11) is 1.65. The third-order valence-electron chi connectivity index (χ3n) is 3.81. The van der Waals surface area contributed by atoms with Crippen molar-refractivity contribution in [1.82, 2.24) is 4.98 Å². The van der Waals surface area contributed by atoms with Crippen LogP contribution in [0.2, 0.25) is 0 Å². The predicted octanol–water partition coefficient (Wildman–Crippen LogP) is 4.61. The molecule has 1 N–H and O–H groups in total. The largest absolute Gasteiger partial charge is 0.497 e. The van der Waals surface area contributed by atoms with Gasteiger partial charge in [-0.1, -0.05) is 12.1 Å². The zero-order valence-corrected chi connectivity index (χ0v) is 14.4. The summed E-state index contributed by atoms with van der Waals surface area (Å²) in [5.41, 5.74) is 3.93. The molecule has 0 amide bonds. The molecule has 120 valence electrons. The van der Waals surface area contributed by atoms with Gasteiger partial charge in [-0.3, -0.25) is 4.98 Å². The van der Waals surface area contributed by atoms with E-state index in [0.717, 1.165) is 32.3 Å². The highest BCUT2D eigenvalue weighted by Gasteiger charge is 2.15. The van der Waals surface area contributed by atoms with Gasteiger partial charge in [-0.2, -0.15) is 5.26 Å². The van der Waals surface area contributed by atoms with E-state index in [2.05, 4.69) is 16.4 Å². The Kier molecular flexibility index (Phi) is 4.78. The molecular weight excluding hydrogens is 318 g/mol. The van der Waals surface area contributed by atoms with E-state index in [-0.39, 0.29) is 0 Å². The molecule has 0 saturated heterocycles. The van der Waals surface area contributed by atoms with Crippen molar-refractivity contribution in [3.63, 3.8) is 0 Å². The SMILES string of the molecule is COc1ccc(CNc2sc(-c3ccncc3)c(C)c2C#N)cc1. The van der Waals surface area contributed by atoms with Crippen LogP contribution in [0.3, 0.4) is 0 Å². The Morgan fingerprint density at radius 3 is 2.50 bits per heavy atom. The van der Waals surface area contributed by atoms with Gasteiger partial charge in [0.2, 0.25) is 0 Å². The van der Waals surface area contributed by atoms with Crippen molar-refractivity contribution in [1.29, 1.82) is 5.26 Å². The Morgan fingerprint density at radius 1 is 1.17 bits per heavy atom. The lowest BCUT2D eigenvalue weighted by molar-refractivity contribution is 0.414. The topological polar surface area (TPSA) is 57.9 Å². The Hall–Kier alpha value is -2.84. The molecule has 1 aromatic carbocycles. The Balaban J connectivity index is 1.84. The van der Waals surface area contributed by atoms with Gasteiger partial charge in [-0.25, -0.2) is 0 Å². The van der Waals surface area contributed by atoms with Crippen LogP contribution in [0.5, 0.6) is 5.75 Å². The van der Waals surface area contributed by atoms with Crippen LogP contribution in [0.25, 0.3) is 10.4 Å². The van der Waals surface area contributed by atoms with E-state index in [1.165, 1.54) is 0 Å². The molecule has 5 heteroatoms. The van der Waals surface area contributed by atoms with Crippen molar-refractivity contribution in [3.8, 4) is 22.3 Å². The first-order valence-electron chi connectivity index (χ1n) is 7.53. The van der Waals surface area contributed by atoms with Crippen molar-refractivity contribution >= 4 is 16.3 Å². The molecule has 0 fully saturated rings. The molecule has 2 heterocycles. The van der Waals surface area contributed by atoms with Crippen LogP contribution in [0.4, 0.5) is 5.00 Å². The van der Waals surface area contributed by atoms with E-state index in [9.17, 15) is 5.26 Å². The highest BCUT2D eigenvalue weighted by atomic mass is 32.1. The minimum atomic E-state index is 0.661. The van der Waals surface area contributed by atoms with Crippen LogP contribution in [-0.2, 0) is 6.54 Å². The van der Waals surface area contributed by atoms with E-state index >= 15 is 0 Å². The second-order valence-corrected chi connectivity index (χ2v) is 6.33. The summed E-state index contributed by atoms with van der Waals surface area (Å²) >= 11 is 1.60. The third-order valence-corrected chi connectivity index (χ3v) is 5.11. The highest BCUT2D eigenvalue weighted by Crippen LogP contribution is 2.39. The molecule has 0 atom stereocenters. The lowest BCUT2D eigenvalue weighted by atomic mass is 10.1. The lowest BCUT2D eigenvalue weighted by Gasteiger charge is -2.06.